The summed E-state index contributed by atoms with van der Waals surface area (Å²) in [6.07, 6.45) is 7.01. The van der Waals surface area contributed by atoms with E-state index in [2.05, 4.69) is 37.1 Å². The van der Waals surface area contributed by atoms with Gasteiger partial charge in [0.2, 0.25) is 5.96 Å². The number of nitrogens with two attached hydrogens (primary N) is 1. The van der Waals surface area contributed by atoms with Gasteiger partial charge in [-0.25, -0.2) is 9.98 Å². The molecule has 0 aliphatic carbocycles. The van der Waals surface area contributed by atoms with Crippen LogP contribution in [0.1, 0.15) is 34.0 Å². The van der Waals surface area contributed by atoms with Gasteiger partial charge in [0.15, 0.2) is 0 Å². The van der Waals surface area contributed by atoms with Crippen LogP contribution in [0, 0.1) is 6.92 Å². The number of carbonyl (C=O) groups is 1. The van der Waals surface area contributed by atoms with Crippen molar-refractivity contribution in [3.63, 3.8) is 0 Å². The number of guanidine groups is 1. The van der Waals surface area contributed by atoms with Crippen LogP contribution in [-0.4, -0.2) is 66.1 Å². The van der Waals surface area contributed by atoms with E-state index in [0.29, 0.717) is 16.9 Å². The van der Waals surface area contributed by atoms with Crippen molar-refractivity contribution in [2.45, 2.75) is 20.4 Å². The van der Waals surface area contributed by atoms with Gasteiger partial charge in [0.25, 0.3) is 5.91 Å². The van der Waals surface area contributed by atoms with Gasteiger partial charge >= 0.3 is 0 Å². The molecular formula is C30H35N7O. The highest BCUT2D eigenvalue weighted by atomic mass is 16.1. The molecule has 1 aliphatic rings. The van der Waals surface area contributed by atoms with E-state index in [0.717, 1.165) is 49.4 Å². The van der Waals surface area contributed by atoms with Crippen LogP contribution in [0.3, 0.4) is 0 Å². The molecule has 1 aliphatic heterocycles. The Morgan fingerprint density at radius 3 is 2.55 bits per heavy atom. The summed E-state index contributed by atoms with van der Waals surface area (Å²) < 4.78 is 0. The minimum absolute atomic E-state index is 0.128. The van der Waals surface area contributed by atoms with Crippen molar-refractivity contribution in [2.24, 2.45) is 15.7 Å². The maximum atomic E-state index is 12.9. The normalized spacial score (nSPS) is 15.7. The number of aromatic nitrogens is 1. The third-order valence-corrected chi connectivity index (χ3v) is 6.57. The molecule has 0 bridgehead atoms. The number of benzene rings is 2. The average Bonchev–Trinajstić information content (AvgIpc) is 2.92. The van der Waals surface area contributed by atoms with Gasteiger partial charge in [-0.05, 0) is 79.6 Å². The molecule has 38 heavy (non-hydrogen) atoms. The minimum atomic E-state index is -0.170. The highest BCUT2D eigenvalue weighted by Crippen LogP contribution is 2.24. The second-order valence-electron chi connectivity index (χ2n) is 9.57. The molecule has 2 aromatic carbocycles. The van der Waals surface area contributed by atoms with Gasteiger partial charge < -0.3 is 16.0 Å². The Labute approximate surface area is 224 Å². The number of allylic oxidation sites excluding steroid dienone is 2. The maximum absolute atomic E-state index is 12.9. The van der Waals surface area contributed by atoms with Gasteiger partial charge in [0, 0.05) is 62.6 Å². The van der Waals surface area contributed by atoms with Crippen LogP contribution in [-0.2, 0) is 6.54 Å². The second-order valence-corrected chi connectivity index (χ2v) is 9.57. The number of aryl methyl sites for hydroxylation is 1. The van der Waals surface area contributed by atoms with Crippen molar-refractivity contribution in [3.05, 3.63) is 95.3 Å². The van der Waals surface area contributed by atoms with Crippen molar-refractivity contribution in [1.82, 2.24) is 14.8 Å². The van der Waals surface area contributed by atoms with E-state index in [4.69, 9.17) is 5.73 Å². The zero-order chi connectivity index (χ0) is 26.9. The largest absolute Gasteiger partial charge is 0.368 e. The molecule has 0 saturated carbocycles. The fourth-order valence-electron chi connectivity index (χ4n) is 4.11. The molecule has 1 saturated heterocycles. The Kier molecular flexibility index (Phi) is 9.13. The lowest BCUT2D eigenvalue weighted by Crippen LogP contribution is -2.43. The quantitative estimate of drug-likeness (QED) is 0.361. The highest BCUT2D eigenvalue weighted by molar-refractivity contribution is 6.04. The van der Waals surface area contributed by atoms with Crippen molar-refractivity contribution in [1.29, 1.82) is 0 Å². The fourth-order valence-corrected chi connectivity index (χ4v) is 4.11. The predicted octanol–water partition coefficient (Wildman–Crippen LogP) is 4.51. The number of hydrogen-bond donors (Lipinski definition) is 2. The second kappa shape index (κ2) is 12.9. The van der Waals surface area contributed by atoms with E-state index in [-0.39, 0.29) is 11.9 Å². The number of likely N-dealkylation sites (N-methyl/N-ethyl adjacent to an activating group) is 1. The first-order valence-electron chi connectivity index (χ1n) is 12.7. The molecule has 3 N–H and O–H groups in total. The number of carbonyl (C=O) groups excluding carboxylic acids is 1. The van der Waals surface area contributed by atoms with Gasteiger partial charge in [0.1, 0.15) is 0 Å². The highest BCUT2D eigenvalue weighted by Gasteiger charge is 2.14. The molecule has 8 nitrogen and oxygen atoms in total. The maximum Gasteiger partial charge on any atom is 0.255 e. The van der Waals surface area contributed by atoms with E-state index in [1.54, 1.807) is 24.7 Å². The molecule has 1 fully saturated rings. The fraction of sp³-hybridized carbons (Fsp3) is 0.267. The zero-order valence-corrected chi connectivity index (χ0v) is 22.3. The van der Waals surface area contributed by atoms with Crippen molar-refractivity contribution < 1.29 is 4.79 Å². The SMILES string of the molecule is C/C(=C\C=N/C(N)=Nc1cc(NC(=O)c2ccc(CN3CCN(C)CC3)cc2)ccc1C)c1cccnc1. The number of rotatable bonds is 7. The summed E-state index contributed by atoms with van der Waals surface area (Å²) >= 11 is 0. The summed E-state index contributed by atoms with van der Waals surface area (Å²) in [5.41, 5.74) is 12.1. The number of anilines is 1. The number of pyridine rings is 1. The Morgan fingerprint density at radius 1 is 1.08 bits per heavy atom. The van der Waals surface area contributed by atoms with E-state index in [1.165, 1.54) is 5.56 Å². The molecule has 3 aromatic rings. The van der Waals surface area contributed by atoms with Crippen LogP contribution in [0.5, 0.6) is 0 Å². The first-order chi connectivity index (χ1) is 18.4. The average molecular weight is 510 g/mol. The Bertz CT molecular complexity index is 1320. The number of hydrogen-bond acceptors (Lipinski definition) is 5. The summed E-state index contributed by atoms with van der Waals surface area (Å²) in [7, 11) is 2.15. The van der Waals surface area contributed by atoms with E-state index >= 15 is 0 Å². The molecule has 0 unspecified atom stereocenters. The van der Waals surface area contributed by atoms with Gasteiger partial charge in [-0.1, -0.05) is 24.3 Å². The van der Waals surface area contributed by atoms with Crippen molar-refractivity contribution >= 4 is 35.0 Å². The van der Waals surface area contributed by atoms with E-state index in [9.17, 15) is 4.79 Å². The molecule has 8 heteroatoms. The van der Waals surface area contributed by atoms with Gasteiger partial charge in [-0.2, -0.15) is 0 Å². The van der Waals surface area contributed by atoms with Crippen LogP contribution in [0.2, 0.25) is 0 Å². The molecule has 0 spiro atoms. The zero-order valence-electron chi connectivity index (χ0n) is 22.3. The summed E-state index contributed by atoms with van der Waals surface area (Å²) in [6, 6.07) is 17.2. The number of amides is 1. The standard InChI is InChI=1S/C30H35N7O/c1-22(26-5-4-13-32-20-26)12-14-33-30(31)35-28-19-27(11-6-23(28)2)34-29(38)25-9-7-24(8-10-25)21-37-17-15-36(3)16-18-37/h4-14,19-20H,15-18,21H2,1-3H3,(H2,31,35)(H,34,38)/b22-12+,33-14-. The number of piperazine rings is 1. The Balaban J connectivity index is 1.37. The lowest BCUT2D eigenvalue weighted by Gasteiger charge is -2.32. The third-order valence-electron chi connectivity index (χ3n) is 6.57. The first kappa shape index (κ1) is 26.9. The molecule has 0 radical (unpaired) electrons. The molecule has 196 valence electrons. The van der Waals surface area contributed by atoms with Crippen molar-refractivity contribution in [3.8, 4) is 0 Å². The lowest BCUT2D eigenvalue weighted by atomic mass is 10.1. The van der Waals surface area contributed by atoms with Crippen LogP contribution in [0.25, 0.3) is 5.57 Å². The van der Waals surface area contributed by atoms with Crippen LogP contribution in [0.4, 0.5) is 11.4 Å². The number of aliphatic imine (C=N–C) groups is 2. The first-order valence-corrected chi connectivity index (χ1v) is 12.7. The molecule has 2 heterocycles. The molecule has 1 aromatic heterocycles. The molecular weight excluding hydrogens is 474 g/mol. The minimum Gasteiger partial charge on any atom is -0.368 e. The lowest BCUT2D eigenvalue weighted by molar-refractivity contribution is 0.102. The predicted molar refractivity (Wildman–Crippen MR) is 156 cm³/mol. The smallest absolute Gasteiger partial charge is 0.255 e. The molecule has 0 atom stereocenters. The molecule has 1 amide bonds. The summed E-state index contributed by atoms with van der Waals surface area (Å²) in [6.45, 7) is 9.12. The van der Waals surface area contributed by atoms with Crippen molar-refractivity contribution in [2.75, 3.05) is 38.5 Å². The van der Waals surface area contributed by atoms with Crippen LogP contribution < -0.4 is 11.1 Å². The summed E-state index contributed by atoms with van der Waals surface area (Å²) in [4.78, 5) is 30.4. The number of nitrogens with one attached hydrogen (secondary N) is 1. The summed E-state index contributed by atoms with van der Waals surface area (Å²) in [5.74, 6) is -0.0420. The third kappa shape index (κ3) is 7.68. The van der Waals surface area contributed by atoms with E-state index in [1.807, 2.05) is 68.5 Å². The van der Waals surface area contributed by atoms with Gasteiger partial charge in [-0.15, -0.1) is 0 Å². The van der Waals surface area contributed by atoms with Gasteiger partial charge in [0.05, 0.1) is 5.69 Å². The molecule has 4 rings (SSSR count). The summed E-state index contributed by atoms with van der Waals surface area (Å²) in [5, 5.41) is 2.96. The number of nitrogens with zero attached hydrogens (tertiary/aromatic N) is 5. The van der Waals surface area contributed by atoms with E-state index < -0.39 is 0 Å². The van der Waals surface area contributed by atoms with Crippen LogP contribution in [0.15, 0.2) is 83.1 Å². The van der Waals surface area contributed by atoms with Crippen LogP contribution >= 0.6 is 0 Å². The Hall–Kier alpha value is -4.14. The Morgan fingerprint density at radius 2 is 1.84 bits per heavy atom. The van der Waals surface area contributed by atoms with Gasteiger partial charge in [-0.3, -0.25) is 14.7 Å². The topological polar surface area (TPSA) is 99.2 Å². The monoisotopic (exact) mass is 509 g/mol.